The molecule has 0 rings (SSSR count). The fourth-order valence-electron chi connectivity index (χ4n) is 0.971. The first-order valence-electron chi connectivity index (χ1n) is 3.82. The van der Waals surface area contributed by atoms with Crippen molar-refractivity contribution in [2.45, 2.75) is 27.2 Å². The van der Waals surface area contributed by atoms with E-state index < -0.39 is 5.85 Å². The van der Waals surface area contributed by atoms with Gasteiger partial charge in [-0.25, -0.2) is 0 Å². The summed E-state index contributed by atoms with van der Waals surface area (Å²) in [5, 5.41) is 0.385. The Morgan fingerprint density at radius 2 is 1.85 bits per heavy atom. The highest BCUT2D eigenvalue weighted by Gasteiger charge is 2.12. The van der Waals surface area contributed by atoms with E-state index in [1.165, 1.54) is 5.82 Å². The highest BCUT2D eigenvalue weighted by atomic mass is 35.9. The molecule has 0 aromatic carbocycles. The van der Waals surface area contributed by atoms with Crippen LogP contribution in [0.15, 0.2) is 22.0 Å². The van der Waals surface area contributed by atoms with Crippen molar-refractivity contribution in [1.82, 2.24) is 0 Å². The largest absolute Gasteiger partial charge is 0.285 e. The second-order valence-electron chi connectivity index (χ2n) is 2.81. The van der Waals surface area contributed by atoms with E-state index in [1.807, 2.05) is 20.8 Å². The summed E-state index contributed by atoms with van der Waals surface area (Å²) in [6, 6.07) is 0. The normalized spacial score (nSPS) is 12.9. The van der Waals surface area contributed by atoms with Gasteiger partial charge in [0.15, 0.2) is 0 Å². The number of allylic oxidation sites excluding steroid dienone is 3. The summed E-state index contributed by atoms with van der Waals surface area (Å²) in [6.45, 7) is 5.83. The van der Waals surface area contributed by atoms with E-state index in [0.29, 0.717) is 5.03 Å². The lowest BCUT2D eigenvalue weighted by atomic mass is 10.1. The molecule has 0 aliphatic heterocycles. The molecule has 0 aliphatic rings. The maximum Gasteiger partial charge on any atom is 0.276 e. The van der Waals surface area contributed by atoms with Crippen molar-refractivity contribution in [2.24, 2.45) is 0 Å². The molecule has 0 N–H and O–H groups in total. The molecule has 0 saturated carbocycles. The fraction of sp³-hybridized carbons (Fsp3) is 0.500. The highest BCUT2D eigenvalue weighted by Crippen LogP contribution is 2.59. The van der Waals surface area contributed by atoms with Gasteiger partial charge in [-0.15, -0.1) is 0 Å². The van der Waals surface area contributed by atoms with Crippen molar-refractivity contribution in [1.29, 1.82) is 0 Å². The number of halogens is 3. The van der Waals surface area contributed by atoms with Gasteiger partial charge in [0.25, 0.3) is 5.85 Å². The van der Waals surface area contributed by atoms with Crippen LogP contribution in [0.4, 0.5) is 0 Å². The van der Waals surface area contributed by atoms with Crippen molar-refractivity contribution in [3.05, 3.63) is 22.0 Å². The average Bonchev–Trinajstić information content (AvgIpc) is 1.82. The van der Waals surface area contributed by atoms with Gasteiger partial charge in [0.2, 0.25) is 0 Å². The Balaban J connectivity index is 4.99. The maximum absolute atomic E-state index is 11.0. The summed E-state index contributed by atoms with van der Waals surface area (Å²) in [6.07, 6.45) is 0.769. The minimum Gasteiger partial charge on any atom is -0.285 e. The van der Waals surface area contributed by atoms with Crippen LogP contribution in [0.1, 0.15) is 27.2 Å². The van der Waals surface area contributed by atoms with E-state index in [2.05, 4.69) is 0 Å². The molecule has 1 nitrogen and oxygen atoms in total. The first-order valence-corrected chi connectivity index (χ1v) is 7.78. The predicted molar refractivity (Wildman–Crippen MR) is 61.9 cm³/mol. The van der Waals surface area contributed by atoms with Gasteiger partial charge in [-0.1, -0.05) is 24.1 Å². The molecule has 0 heterocycles. The topological polar surface area (TPSA) is 17.1 Å². The van der Waals surface area contributed by atoms with Crippen LogP contribution in [-0.2, 0) is 4.57 Å². The van der Waals surface area contributed by atoms with E-state index in [9.17, 15) is 4.57 Å². The van der Waals surface area contributed by atoms with Crippen LogP contribution in [0.5, 0.6) is 0 Å². The Morgan fingerprint density at radius 3 is 2.08 bits per heavy atom. The smallest absolute Gasteiger partial charge is 0.276 e. The lowest BCUT2D eigenvalue weighted by Crippen LogP contribution is -1.84. The van der Waals surface area contributed by atoms with Crippen LogP contribution < -0.4 is 0 Å². The van der Waals surface area contributed by atoms with Gasteiger partial charge < -0.3 is 0 Å². The molecule has 0 bridgehead atoms. The molecule has 0 unspecified atom stereocenters. The first-order chi connectivity index (χ1) is 5.78. The predicted octanol–water partition coefficient (Wildman–Crippen LogP) is 5.48. The van der Waals surface area contributed by atoms with Crippen molar-refractivity contribution in [3.63, 3.8) is 0 Å². The average molecular weight is 262 g/mol. The summed E-state index contributed by atoms with van der Waals surface area (Å²) in [5.74, 6) is -2.00. The molecule has 0 aromatic heterocycles. The van der Waals surface area contributed by atoms with Gasteiger partial charge in [0.1, 0.15) is 0 Å². The third-order valence-electron chi connectivity index (χ3n) is 1.51. The lowest BCUT2D eigenvalue weighted by Gasteiger charge is -2.05. The zero-order valence-corrected chi connectivity index (χ0v) is 10.9. The number of hydrogen-bond donors (Lipinski definition) is 0. The molecule has 13 heavy (non-hydrogen) atoms. The second-order valence-corrected chi connectivity index (χ2v) is 8.01. The molecule has 5 heteroatoms. The fourth-order valence-corrected chi connectivity index (χ4v) is 3.01. The summed E-state index contributed by atoms with van der Waals surface area (Å²) < 4.78 is 11.0. The van der Waals surface area contributed by atoms with Gasteiger partial charge in [-0.3, -0.25) is 4.57 Å². The van der Waals surface area contributed by atoms with Crippen molar-refractivity contribution in [3.8, 4) is 0 Å². The second kappa shape index (κ2) is 5.46. The van der Waals surface area contributed by atoms with Crippen LogP contribution in [0.2, 0.25) is 0 Å². The summed E-state index contributed by atoms with van der Waals surface area (Å²) in [5.41, 5.74) is 2.01. The highest BCUT2D eigenvalue weighted by molar-refractivity contribution is 8.10. The third-order valence-corrected chi connectivity index (χ3v) is 3.14. The standard InChI is InChI=1S/C8H12Cl3OP/c1-4-7(6(2)3)8(9)5-13(10,11)12/h5H,4H2,1-3H3/b8-5+. The van der Waals surface area contributed by atoms with Crippen LogP contribution in [0.25, 0.3) is 0 Å². The summed E-state index contributed by atoms with van der Waals surface area (Å²) >= 11 is 16.6. The Hall–Kier alpha value is 0.580. The van der Waals surface area contributed by atoms with Gasteiger partial charge in [-0.2, -0.15) is 0 Å². The molecule has 0 spiro atoms. The van der Waals surface area contributed by atoms with Crippen molar-refractivity contribution in [2.75, 3.05) is 0 Å². The molecule has 0 radical (unpaired) electrons. The van der Waals surface area contributed by atoms with E-state index in [4.69, 9.17) is 34.1 Å². The molecule has 76 valence electrons. The molecule has 0 aromatic rings. The van der Waals surface area contributed by atoms with Crippen LogP contribution in [0, 0.1) is 0 Å². The quantitative estimate of drug-likeness (QED) is 0.485. The molecule has 0 saturated heterocycles. The molecule has 0 atom stereocenters. The van der Waals surface area contributed by atoms with E-state index >= 15 is 0 Å². The van der Waals surface area contributed by atoms with E-state index in [1.54, 1.807) is 0 Å². The lowest BCUT2D eigenvalue weighted by molar-refractivity contribution is 0.597. The Morgan fingerprint density at radius 1 is 1.38 bits per heavy atom. The molecular formula is C8H12Cl3OP. The maximum atomic E-state index is 11.0. The van der Waals surface area contributed by atoms with Crippen molar-refractivity contribution >= 4 is 39.9 Å². The Labute approximate surface area is 93.7 Å². The first kappa shape index (κ1) is 13.6. The zero-order chi connectivity index (χ0) is 10.6. The van der Waals surface area contributed by atoms with E-state index in [0.717, 1.165) is 17.6 Å². The molecule has 0 fully saturated rings. The minimum atomic E-state index is -3.21. The third kappa shape index (κ3) is 5.80. The number of rotatable bonds is 3. The van der Waals surface area contributed by atoms with Gasteiger partial charge in [0, 0.05) is 10.8 Å². The van der Waals surface area contributed by atoms with Gasteiger partial charge in [0.05, 0.1) is 0 Å². The van der Waals surface area contributed by atoms with Crippen LogP contribution in [-0.4, -0.2) is 0 Å². The van der Waals surface area contributed by atoms with Crippen molar-refractivity contribution < 1.29 is 4.57 Å². The van der Waals surface area contributed by atoms with Gasteiger partial charge >= 0.3 is 0 Å². The zero-order valence-electron chi connectivity index (χ0n) is 7.77. The molecular weight excluding hydrogens is 249 g/mol. The monoisotopic (exact) mass is 260 g/mol. The summed E-state index contributed by atoms with van der Waals surface area (Å²) in [7, 11) is 0. The Kier molecular flexibility index (Phi) is 5.70. The summed E-state index contributed by atoms with van der Waals surface area (Å²) in [4.78, 5) is 0. The molecule has 0 aliphatic carbocycles. The van der Waals surface area contributed by atoms with Crippen LogP contribution in [0.3, 0.4) is 0 Å². The molecule has 0 amide bonds. The SMILES string of the molecule is CCC(=C(C)C)/C(Cl)=C\P(=O)(Cl)Cl. The number of hydrogen-bond acceptors (Lipinski definition) is 1. The van der Waals surface area contributed by atoms with E-state index in [-0.39, 0.29) is 0 Å². The van der Waals surface area contributed by atoms with Crippen LogP contribution >= 0.6 is 39.9 Å². The Bertz CT molecular complexity index is 284. The van der Waals surface area contributed by atoms with Gasteiger partial charge in [-0.05, 0) is 48.3 Å². The minimum absolute atomic E-state index is 0.385.